The lowest BCUT2D eigenvalue weighted by Crippen LogP contribution is -2.38. The van der Waals surface area contributed by atoms with E-state index in [4.69, 9.17) is 11.6 Å². The van der Waals surface area contributed by atoms with Gasteiger partial charge < -0.3 is 25.4 Å². The Hall–Kier alpha value is -2.52. The number of hydrogen-bond acceptors (Lipinski definition) is 6. The van der Waals surface area contributed by atoms with Gasteiger partial charge in [0.05, 0.1) is 18.2 Å². The molecule has 3 rings (SSSR count). The third kappa shape index (κ3) is 6.79. The Labute approximate surface area is 178 Å². The van der Waals surface area contributed by atoms with E-state index in [9.17, 15) is 9.59 Å². The van der Waals surface area contributed by atoms with Crippen molar-refractivity contribution in [1.29, 1.82) is 0 Å². The molecule has 0 aliphatic carbocycles. The van der Waals surface area contributed by atoms with Crippen LogP contribution in [0.15, 0.2) is 41.3 Å². The molecule has 8 nitrogen and oxygen atoms in total. The number of halogens is 1. The van der Waals surface area contributed by atoms with Gasteiger partial charge in [-0.1, -0.05) is 0 Å². The maximum Gasteiger partial charge on any atom is 0.337 e. The van der Waals surface area contributed by atoms with Crippen LogP contribution in [-0.4, -0.2) is 53.5 Å². The molecule has 1 saturated heterocycles. The number of fused-ring (bicyclic) bond motifs is 1. The minimum atomic E-state index is -0.325. The summed E-state index contributed by atoms with van der Waals surface area (Å²) in [5.74, 6) is 5.42. The standard InChI is InChI=1S/C10H8BrNO2.C10H20N4O/c1-14-10(13)7-4-6-2-3-12-9(6)8(11)5-7;11-5-9-14(12)8-4-10(15)13-6-2-1-3-7-13/h2-5,12H,1H3;5,9H,1-4,6-8,11-12H2/b;9-5-. The molecule has 158 valence electrons. The summed E-state index contributed by atoms with van der Waals surface area (Å²) in [7, 11) is 1.37. The highest BCUT2D eigenvalue weighted by atomic mass is 79.9. The number of carbonyl (C=O) groups is 2. The SMILES string of the molecule is COC(=O)c1cc(Br)c2[nH]ccc2c1.N/C=C\N(N)CCC(=O)N1CCCCC1. The number of methoxy groups -OCH3 is 1. The minimum absolute atomic E-state index is 0.190. The second kappa shape index (κ2) is 11.5. The molecule has 5 N–H and O–H groups in total. The Kier molecular flexibility index (Phi) is 9.01. The normalized spacial score (nSPS) is 13.8. The van der Waals surface area contributed by atoms with E-state index in [1.807, 2.05) is 17.2 Å². The number of amides is 1. The van der Waals surface area contributed by atoms with Gasteiger partial charge in [-0.3, -0.25) is 4.79 Å². The highest BCUT2D eigenvalue weighted by molar-refractivity contribution is 9.10. The summed E-state index contributed by atoms with van der Waals surface area (Å²) in [5, 5.41) is 2.42. The lowest BCUT2D eigenvalue weighted by Gasteiger charge is -2.27. The Morgan fingerprint density at radius 2 is 2.03 bits per heavy atom. The first-order chi connectivity index (χ1) is 14.0. The van der Waals surface area contributed by atoms with E-state index in [0.29, 0.717) is 18.5 Å². The van der Waals surface area contributed by atoms with Crippen molar-refractivity contribution in [2.75, 3.05) is 26.7 Å². The number of aromatic amines is 1. The number of ether oxygens (including phenoxy) is 1. The largest absolute Gasteiger partial charge is 0.465 e. The van der Waals surface area contributed by atoms with Crippen LogP contribution in [0.2, 0.25) is 0 Å². The van der Waals surface area contributed by atoms with Crippen molar-refractivity contribution < 1.29 is 14.3 Å². The molecular weight excluding hydrogens is 438 g/mol. The van der Waals surface area contributed by atoms with Crippen LogP contribution in [0.5, 0.6) is 0 Å². The Morgan fingerprint density at radius 3 is 2.69 bits per heavy atom. The van der Waals surface area contributed by atoms with Crippen molar-refractivity contribution in [3.8, 4) is 0 Å². The van der Waals surface area contributed by atoms with E-state index in [0.717, 1.165) is 41.3 Å². The number of piperidine rings is 1. The second-order valence-corrected chi connectivity index (χ2v) is 7.52. The average Bonchev–Trinajstić information content (AvgIpc) is 3.22. The molecule has 1 fully saturated rings. The fourth-order valence-electron chi connectivity index (χ4n) is 3.07. The van der Waals surface area contributed by atoms with Crippen molar-refractivity contribution in [3.05, 3.63) is 46.8 Å². The van der Waals surface area contributed by atoms with Crippen LogP contribution in [0.3, 0.4) is 0 Å². The van der Waals surface area contributed by atoms with Crippen LogP contribution in [0, 0.1) is 0 Å². The molecule has 2 heterocycles. The molecule has 0 spiro atoms. The quantitative estimate of drug-likeness (QED) is 0.354. The van der Waals surface area contributed by atoms with E-state index >= 15 is 0 Å². The number of likely N-dealkylation sites (tertiary alicyclic amines) is 1. The predicted octanol–water partition coefficient (Wildman–Crippen LogP) is 2.71. The smallest absolute Gasteiger partial charge is 0.337 e. The monoisotopic (exact) mass is 465 g/mol. The third-order valence-electron chi connectivity index (χ3n) is 4.60. The highest BCUT2D eigenvalue weighted by Crippen LogP contribution is 2.24. The Bertz CT molecular complexity index is 846. The summed E-state index contributed by atoms with van der Waals surface area (Å²) in [4.78, 5) is 28.0. The van der Waals surface area contributed by atoms with Crippen LogP contribution >= 0.6 is 15.9 Å². The average molecular weight is 466 g/mol. The van der Waals surface area contributed by atoms with Gasteiger partial charge in [0.2, 0.25) is 5.91 Å². The molecule has 2 aromatic rings. The van der Waals surface area contributed by atoms with Crippen molar-refractivity contribution in [1.82, 2.24) is 14.9 Å². The van der Waals surface area contributed by atoms with Gasteiger partial charge >= 0.3 is 5.97 Å². The summed E-state index contributed by atoms with van der Waals surface area (Å²) in [6.07, 6.45) is 8.70. The van der Waals surface area contributed by atoms with Gasteiger partial charge in [-0.05, 0) is 53.4 Å². The fraction of sp³-hybridized carbons (Fsp3) is 0.400. The molecule has 9 heteroatoms. The Balaban J connectivity index is 0.000000207. The van der Waals surface area contributed by atoms with Crippen molar-refractivity contribution in [2.24, 2.45) is 11.6 Å². The van der Waals surface area contributed by atoms with Crippen LogP contribution in [-0.2, 0) is 9.53 Å². The van der Waals surface area contributed by atoms with Gasteiger partial charge in [-0.15, -0.1) is 0 Å². The van der Waals surface area contributed by atoms with E-state index in [2.05, 4.69) is 25.7 Å². The van der Waals surface area contributed by atoms with Gasteiger partial charge in [-0.25, -0.2) is 10.6 Å². The van der Waals surface area contributed by atoms with Gasteiger partial charge in [0.25, 0.3) is 0 Å². The van der Waals surface area contributed by atoms with Crippen molar-refractivity contribution >= 4 is 38.7 Å². The first kappa shape index (κ1) is 22.8. The predicted molar refractivity (Wildman–Crippen MR) is 117 cm³/mol. The molecule has 1 aliphatic heterocycles. The number of nitrogens with one attached hydrogen (secondary N) is 1. The zero-order valence-electron chi connectivity index (χ0n) is 16.6. The van der Waals surface area contributed by atoms with Crippen LogP contribution in [0.1, 0.15) is 36.0 Å². The van der Waals surface area contributed by atoms with Gasteiger partial charge in [0.1, 0.15) is 0 Å². The first-order valence-electron chi connectivity index (χ1n) is 9.48. The number of H-pyrrole nitrogens is 1. The number of hydrazine groups is 1. The van der Waals surface area contributed by atoms with Crippen LogP contribution in [0.25, 0.3) is 10.9 Å². The summed E-state index contributed by atoms with van der Waals surface area (Å²) < 4.78 is 5.51. The van der Waals surface area contributed by atoms with E-state index in [1.165, 1.54) is 24.7 Å². The molecule has 0 atom stereocenters. The van der Waals surface area contributed by atoms with Gasteiger partial charge in [-0.2, -0.15) is 0 Å². The fourth-order valence-corrected chi connectivity index (χ4v) is 3.66. The number of nitrogens with two attached hydrogens (primary N) is 2. The molecule has 0 radical (unpaired) electrons. The number of rotatable bonds is 5. The first-order valence-corrected chi connectivity index (χ1v) is 10.3. The maximum atomic E-state index is 11.7. The number of aromatic nitrogens is 1. The van der Waals surface area contributed by atoms with Gasteiger partial charge in [0.15, 0.2) is 0 Å². The molecule has 29 heavy (non-hydrogen) atoms. The van der Waals surface area contributed by atoms with Crippen LogP contribution < -0.4 is 11.6 Å². The maximum absolute atomic E-state index is 11.7. The van der Waals surface area contributed by atoms with Crippen molar-refractivity contribution in [3.63, 3.8) is 0 Å². The molecule has 0 unspecified atom stereocenters. The topological polar surface area (TPSA) is 118 Å². The lowest BCUT2D eigenvalue weighted by molar-refractivity contribution is -0.132. The molecule has 0 bridgehead atoms. The highest BCUT2D eigenvalue weighted by Gasteiger charge is 2.16. The molecule has 1 aromatic heterocycles. The molecule has 1 aromatic carbocycles. The van der Waals surface area contributed by atoms with Gasteiger partial charge in [0, 0.05) is 54.5 Å². The van der Waals surface area contributed by atoms with E-state index in [-0.39, 0.29) is 11.9 Å². The van der Waals surface area contributed by atoms with Crippen molar-refractivity contribution in [2.45, 2.75) is 25.7 Å². The number of nitrogens with zero attached hydrogens (tertiary/aromatic N) is 2. The number of carbonyl (C=O) groups excluding carboxylic acids is 2. The van der Waals surface area contributed by atoms with E-state index in [1.54, 1.807) is 18.3 Å². The number of benzene rings is 1. The minimum Gasteiger partial charge on any atom is -0.465 e. The lowest BCUT2D eigenvalue weighted by atomic mass is 10.1. The molecular formula is C20H28BrN5O3. The van der Waals surface area contributed by atoms with E-state index < -0.39 is 0 Å². The summed E-state index contributed by atoms with van der Waals surface area (Å²) in [6.45, 7) is 2.31. The van der Waals surface area contributed by atoms with Crippen LogP contribution in [0.4, 0.5) is 0 Å². The zero-order valence-corrected chi connectivity index (χ0v) is 18.2. The number of esters is 1. The molecule has 1 amide bonds. The summed E-state index contributed by atoms with van der Waals surface area (Å²) in [6, 6.07) is 5.44. The molecule has 1 aliphatic rings. The third-order valence-corrected chi connectivity index (χ3v) is 5.23. The zero-order chi connectivity index (χ0) is 21.2. The Morgan fingerprint density at radius 1 is 1.31 bits per heavy atom. The second-order valence-electron chi connectivity index (χ2n) is 6.66. The summed E-state index contributed by atoms with van der Waals surface area (Å²) >= 11 is 3.39. The molecule has 0 saturated carbocycles. The number of hydrogen-bond donors (Lipinski definition) is 3. The summed E-state index contributed by atoms with van der Waals surface area (Å²) in [5.41, 5.74) is 6.71.